The summed E-state index contributed by atoms with van der Waals surface area (Å²) in [6.45, 7) is 0.0724. The van der Waals surface area contributed by atoms with E-state index in [1.54, 1.807) is 0 Å². The second-order valence-electron chi connectivity index (χ2n) is 5.19. The Balaban J connectivity index is 2.11. The molecule has 7 heteroatoms. The van der Waals surface area contributed by atoms with Gasteiger partial charge in [-0.15, -0.1) is 0 Å². The second-order valence-corrected chi connectivity index (χ2v) is 7.45. The fraction of sp³-hybridized carbons (Fsp3) is 0.818. The van der Waals surface area contributed by atoms with Crippen molar-refractivity contribution in [3.8, 4) is 0 Å². The highest BCUT2D eigenvalue weighted by atomic mass is 32.2. The molecule has 6 nitrogen and oxygen atoms in total. The van der Waals surface area contributed by atoms with Gasteiger partial charge in [0.25, 0.3) is 0 Å². The fourth-order valence-corrected chi connectivity index (χ4v) is 3.23. The Bertz CT molecular complexity index is 465. The van der Waals surface area contributed by atoms with Crippen LogP contribution in [0.2, 0.25) is 0 Å². The molecule has 0 aromatic carbocycles. The van der Waals surface area contributed by atoms with E-state index >= 15 is 0 Å². The van der Waals surface area contributed by atoms with Gasteiger partial charge in [0.2, 0.25) is 11.8 Å². The number of nitrogens with zero attached hydrogens (tertiary/aromatic N) is 1. The van der Waals surface area contributed by atoms with Gasteiger partial charge < -0.3 is 10.2 Å². The monoisotopic (exact) mass is 274 g/mol. The lowest BCUT2D eigenvalue weighted by molar-refractivity contribution is -0.149. The zero-order chi connectivity index (χ0) is 13.4. The van der Waals surface area contributed by atoms with Crippen molar-refractivity contribution in [3.05, 3.63) is 0 Å². The van der Waals surface area contributed by atoms with Crippen molar-refractivity contribution in [2.24, 2.45) is 0 Å². The van der Waals surface area contributed by atoms with Gasteiger partial charge in [0.05, 0.1) is 12.3 Å². The molecular weight excluding hydrogens is 256 g/mol. The van der Waals surface area contributed by atoms with Gasteiger partial charge >= 0.3 is 0 Å². The van der Waals surface area contributed by atoms with Crippen molar-refractivity contribution in [1.82, 2.24) is 10.2 Å². The maximum Gasteiger partial charge on any atom is 0.248 e. The number of amides is 2. The first kappa shape index (κ1) is 13.3. The molecule has 0 aromatic heterocycles. The van der Waals surface area contributed by atoms with Gasteiger partial charge in [-0.2, -0.15) is 0 Å². The third-order valence-electron chi connectivity index (χ3n) is 3.60. The summed E-state index contributed by atoms with van der Waals surface area (Å²) in [7, 11) is -3.13. The van der Waals surface area contributed by atoms with E-state index in [9.17, 15) is 18.0 Å². The molecule has 1 aliphatic carbocycles. The number of piperazine rings is 1. The number of hydrogen-bond acceptors (Lipinski definition) is 4. The topological polar surface area (TPSA) is 83.6 Å². The van der Waals surface area contributed by atoms with Crippen LogP contribution in [0.25, 0.3) is 0 Å². The summed E-state index contributed by atoms with van der Waals surface area (Å²) in [6, 6.07) is 0. The SMILES string of the molecule is CS(=O)(=O)CCN1CC(=O)NC2(CCCC2)C1=O. The first-order valence-corrected chi connectivity index (χ1v) is 8.17. The van der Waals surface area contributed by atoms with Gasteiger partial charge in [0, 0.05) is 12.8 Å². The lowest BCUT2D eigenvalue weighted by Gasteiger charge is -2.39. The summed E-state index contributed by atoms with van der Waals surface area (Å²) in [6.07, 6.45) is 4.30. The quantitative estimate of drug-likeness (QED) is 0.738. The lowest BCUT2D eigenvalue weighted by atomic mass is 9.93. The van der Waals surface area contributed by atoms with Crippen LogP contribution in [-0.4, -0.2) is 55.8 Å². The number of rotatable bonds is 3. The molecule has 0 bridgehead atoms. The summed E-state index contributed by atoms with van der Waals surface area (Å²) < 4.78 is 22.3. The number of sulfone groups is 1. The zero-order valence-corrected chi connectivity index (χ0v) is 11.3. The van der Waals surface area contributed by atoms with Crippen LogP contribution in [0.4, 0.5) is 0 Å². The maximum atomic E-state index is 12.3. The molecule has 2 rings (SSSR count). The van der Waals surface area contributed by atoms with Gasteiger partial charge in [0.15, 0.2) is 0 Å². The van der Waals surface area contributed by atoms with E-state index in [2.05, 4.69) is 5.32 Å². The van der Waals surface area contributed by atoms with E-state index < -0.39 is 15.4 Å². The van der Waals surface area contributed by atoms with Crippen LogP contribution >= 0.6 is 0 Å². The Morgan fingerprint density at radius 2 is 1.89 bits per heavy atom. The molecule has 1 aliphatic heterocycles. The van der Waals surface area contributed by atoms with E-state index in [-0.39, 0.29) is 30.7 Å². The average molecular weight is 274 g/mol. The minimum Gasteiger partial charge on any atom is -0.340 e. The van der Waals surface area contributed by atoms with E-state index in [4.69, 9.17) is 0 Å². The van der Waals surface area contributed by atoms with E-state index in [0.29, 0.717) is 12.8 Å². The van der Waals surface area contributed by atoms with E-state index in [0.717, 1.165) is 19.1 Å². The van der Waals surface area contributed by atoms with Crippen molar-refractivity contribution in [2.45, 2.75) is 31.2 Å². The highest BCUT2D eigenvalue weighted by molar-refractivity contribution is 7.90. The molecule has 1 saturated carbocycles. The maximum absolute atomic E-state index is 12.3. The summed E-state index contributed by atoms with van der Waals surface area (Å²) in [5.41, 5.74) is -0.757. The minimum absolute atomic E-state index is 0.0316. The molecule has 2 aliphatic rings. The smallest absolute Gasteiger partial charge is 0.248 e. The normalized spacial score (nSPS) is 23.5. The molecule has 0 aromatic rings. The summed E-state index contributed by atoms with van der Waals surface area (Å²) in [5, 5.41) is 2.79. The summed E-state index contributed by atoms with van der Waals surface area (Å²) in [5.74, 6) is -0.407. The molecule has 0 unspecified atom stereocenters. The predicted molar refractivity (Wildman–Crippen MR) is 65.6 cm³/mol. The molecule has 2 amide bonds. The summed E-state index contributed by atoms with van der Waals surface area (Å²) >= 11 is 0. The van der Waals surface area contributed by atoms with Crippen LogP contribution in [0.3, 0.4) is 0 Å². The van der Waals surface area contributed by atoms with Crippen LogP contribution < -0.4 is 5.32 Å². The lowest BCUT2D eigenvalue weighted by Crippen LogP contribution is -2.65. The Labute approximate surface area is 107 Å². The first-order chi connectivity index (χ1) is 8.32. The van der Waals surface area contributed by atoms with Crippen LogP contribution in [-0.2, 0) is 19.4 Å². The number of hydrogen-bond donors (Lipinski definition) is 1. The van der Waals surface area contributed by atoms with E-state index in [1.807, 2.05) is 0 Å². The highest BCUT2D eigenvalue weighted by Gasteiger charge is 2.48. The molecule has 1 N–H and O–H groups in total. The summed E-state index contributed by atoms with van der Waals surface area (Å²) in [4.78, 5) is 25.4. The Morgan fingerprint density at radius 1 is 1.28 bits per heavy atom. The van der Waals surface area contributed by atoms with E-state index in [1.165, 1.54) is 4.90 Å². The zero-order valence-electron chi connectivity index (χ0n) is 10.4. The third kappa shape index (κ3) is 2.66. The predicted octanol–water partition coefficient (Wildman–Crippen LogP) is -0.698. The van der Waals surface area contributed by atoms with Gasteiger partial charge in [-0.25, -0.2) is 8.42 Å². The van der Waals surface area contributed by atoms with Crippen LogP contribution in [0.15, 0.2) is 0 Å². The van der Waals surface area contributed by atoms with Crippen molar-refractivity contribution in [3.63, 3.8) is 0 Å². The van der Waals surface area contributed by atoms with Crippen molar-refractivity contribution >= 4 is 21.7 Å². The Hall–Kier alpha value is -1.11. The standard InChI is InChI=1S/C11H18N2O4S/c1-18(16,17)7-6-13-8-9(14)12-11(10(13)15)4-2-3-5-11/h2-8H2,1H3,(H,12,14). The first-order valence-electron chi connectivity index (χ1n) is 6.11. The second kappa shape index (κ2) is 4.53. The van der Waals surface area contributed by atoms with Crippen LogP contribution in [0.5, 0.6) is 0 Å². The van der Waals surface area contributed by atoms with Crippen molar-refractivity contribution in [1.29, 1.82) is 0 Å². The number of carbonyl (C=O) groups excluding carboxylic acids is 2. The number of carbonyl (C=O) groups is 2. The molecule has 102 valence electrons. The molecule has 0 radical (unpaired) electrons. The third-order valence-corrected chi connectivity index (χ3v) is 4.52. The largest absolute Gasteiger partial charge is 0.340 e. The molecular formula is C11H18N2O4S. The molecule has 1 heterocycles. The number of nitrogens with one attached hydrogen (secondary N) is 1. The van der Waals surface area contributed by atoms with Crippen molar-refractivity contribution < 1.29 is 18.0 Å². The molecule has 2 fully saturated rings. The van der Waals surface area contributed by atoms with Gasteiger partial charge in [-0.05, 0) is 12.8 Å². The Morgan fingerprint density at radius 3 is 2.44 bits per heavy atom. The minimum atomic E-state index is -3.13. The molecule has 1 saturated heterocycles. The molecule has 1 spiro atoms. The fourth-order valence-electron chi connectivity index (χ4n) is 2.68. The van der Waals surface area contributed by atoms with Crippen LogP contribution in [0, 0.1) is 0 Å². The van der Waals surface area contributed by atoms with Crippen LogP contribution in [0.1, 0.15) is 25.7 Å². The van der Waals surface area contributed by atoms with Gasteiger partial charge in [-0.1, -0.05) is 12.8 Å². The van der Waals surface area contributed by atoms with Gasteiger partial charge in [0.1, 0.15) is 15.4 Å². The Kier molecular flexibility index (Phi) is 3.35. The molecule has 18 heavy (non-hydrogen) atoms. The molecule has 0 atom stereocenters. The van der Waals surface area contributed by atoms with Gasteiger partial charge in [-0.3, -0.25) is 9.59 Å². The van der Waals surface area contributed by atoms with Crippen molar-refractivity contribution in [2.75, 3.05) is 25.1 Å². The average Bonchev–Trinajstić information content (AvgIpc) is 2.70. The highest BCUT2D eigenvalue weighted by Crippen LogP contribution is 2.33.